The highest BCUT2D eigenvalue weighted by molar-refractivity contribution is 5.50. The quantitative estimate of drug-likeness (QED) is 0.808. The summed E-state index contributed by atoms with van der Waals surface area (Å²) in [5.41, 5.74) is 1.14. The van der Waals surface area contributed by atoms with Gasteiger partial charge < -0.3 is 19.6 Å². The van der Waals surface area contributed by atoms with Crippen LogP contribution in [-0.4, -0.2) is 38.2 Å². The van der Waals surface area contributed by atoms with Crippen LogP contribution in [0.4, 0.5) is 5.69 Å². The van der Waals surface area contributed by atoms with Gasteiger partial charge in [0.15, 0.2) is 0 Å². The first-order valence-corrected chi connectivity index (χ1v) is 8.72. The Morgan fingerprint density at radius 3 is 2.11 bits per heavy atom. The molecule has 0 saturated carbocycles. The number of nitrogens with zero attached hydrogens (tertiary/aromatic N) is 6. The molecule has 2 aliphatic rings. The van der Waals surface area contributed by atoms with Crippen LogP contribution < -0.4 is 25.2 Å². The molecule has 8 heteroatoms. The molecule has 0 N–H and O–H groups in total. The van der Waals surface area contributed by atoms with Gasteiger partial charge in [-0.3, -0.25) is 0 Å². The zero-order valence-electron chi connectivity index (χ0n) is 14.9. The minimum Gasteiger partial charge on any atom is -0.860 e. The molecule has 0 spiro atoms. The van der Waals surface area contributed by atoms with E-state index >= 15 is 0 Å². The van der Waals surface area contributed by atoms with Crippen LogP contribution in [-0.2, 0) is 0 Å². The first-order chi connectivity index (χ1) is 13.2. The Kier molecular flexibility index (Phi) is 4.69. The van der Waals surface area contributed by atoms with Crippen LogP contribution in [0.25, 0.3) is 11.7 Å². The molecule has 138 valence electrons. The second-order valence-electron chi connectivity index (χ2n) is 6.26. The maximum atomic E-state index is 12.8. The van der Waals surface area contributed by atoms with E-state index in [0.717, 1.165) is 29.7 Å². The summed E-state index contributed by atoms with van der Waals surface area (Å²) in [6.07, 6.45) is 0. The number of hydrogen-bond donors (Lipinski definition) is 0. The molecular weight excluding hydrogens is 344 g/mol. The predicted molar refractivity (Wildman–Crippen MR) is 99.0 cm³/mol. The molecule has 1 saturated heterocycles. The van der Waals surface area contributed by atoms with Gasteiger partial charge in [-0.2, -0.15) is 0 Å². The van der Waals surface area contributed by atoms with Crippen molar-refractivity contribution in [1.29, 1.82) is 0 Å². The van der Waals surface area contributed by atoms with Crippen molar-refractivity contribution in [2.45, 2.75) is 0 Å². The normalized spacial score (nSPS) is 16.1. The van der Waals surface area contributed by atoms with Gasteiger partial charge in [0.25, 0.3) is 0 Å². The largest absolute Gasteiger partial charge is 0.860 e. The number of ether oxygens (including phenoxy) is 1. The number of hydrogen-bond acceptors (Lipinski definition) is 8. The zero-order valence-corrected chi connectivity index (χ0v) is 14.9. The van der Waals surface area contributed by atoms with Gasteiger partial charge in [-0.1, -0.05) is 24.3 Å². The molecule has 0 unspecified atom stereocenters. The van der Waals surface area contributed by atoms with Gasteiger partial charge in [0, 0.05) is 37.1 Å². The molecule has 2 aliphatic heterocycles. The van der Waals surface area contributed by atoms with Crippen molar-refractivity contribution in [3.05, 3.63) is 59.0 Å². The van der Waals surface area contributed by atoms with Gasteiger partial charge in [-0.25, -0.2) is 0 Å². The van der Waals surface area contributed by atoms with Gasteiger partial charge >= 0.3 is 0 Å². The molecule has 0 aliphatic carbocycles. The van der Waals surface area contributed by atoms with Crippen molar-refractivity contribution >= 4 is 17.4 Å². The van der Waals surface area contributed by atoms with Crippen LogP contribution in [0.3, 0.4) is 0 Å². The molecule has 27 heavy (non-hydrogen) atoms. The van der Waals surface area contributed by atoms with Gasteiger partial charge in [0.2, 0.25) is 5.82 Å². The van der Waals surface area contributed by atoms with Crippen LogP contribution >= 0.6 is 0 Å². The average Bonchev–Trinajstić information content (AvgIpc) is 3.28. The fourth-order valence-electron chi connectivity index (χ4n) is 3.17. The number of methoxy groups -OCH3 is 1. The molecular formula is C19H19N6O2-. The average molecular weight is 363 g/mol. The van der Waals surface area contributed by atoms with Crippen LogP contribution in [0.15, 0.2) is 69.2 Å². The molecule has 0 amide bonds. The molecule has 2 aromatic carbocycles. The highest BCUT2D eigenvalue weighted by atomic mass is 16.5. The molecule has 0 radical (unpaired) electrons. The fraction of sp³-hybridized carbons (Fsp3) is 0.263. The lowest BCUT2D eigenvalue weighted by atomic mass is 10.2. The first-order valence-electron chi connectivity index (χ1n) is 8.72. The van der Waals surface area contributed by atoms with E-state index in [2.05, 4.69) is 25.6 Å². The standard InChI is InChI=1S/C19H20N6O2/c1-27-17-8-6-16(7-9-17)24-10-12-25(13-11-24)19(26)15-4-2-14(3-5-15)18-20-22-23-21-18/h2-9,26H,10-13H2,1H3/p-1. The van der Waals surface area contributed by atoms with Crippen LogP contribution in [0, 0.1) is 0 Å². The van der Waals surface area contributed by atoms with Crippen molar-refractivity contribution in [3.8, 4) is 5.75 Å². The summed E-state index contributed by atoms with van der Waals surface area (Å²) >= 11 is 0. The summed E-state index contributed by atoms with van der Waals surface area (Å²) in [5.74, 6) is 1.34. The van der Waals surface area contributed by atoms with E-state index in [0.29, 0.717) is 24.1 Å². The summed E-state index contributed by atoms with van der Waals surface area (Å²) in [6.45, 7) is 2.97. The van der Waals surface area contributed by atoms with E-state index in [1.807, 2.05) is 41.3 Å². The lowest BCUT2D eigenvalue weighted by Gasteiger charge is -2.40. The predicted octanol–water partition coefficient (Wildman–Crippen LogP) is 0.842. The Bertz CT molecular complexity index is 954. The van der Waals surface area contributed by atoms with Crippen molar-refractivity contribution in [2.24, 2.45) is 20.7 Å². The van der Waals surface area contributed by atoms with E-state index in [-0.39, 0.29) is 5.88 Å². The third-order valence-corrected chi connectivity index (χ3v) is 4.71. The third kappa shape index (κ3) is 3.59. The van der Waals surface area contributed by atoms with E-state index in [4.69, 9.17) is 4.74 Å². The Labute approximate surface area is 156 Å². The maximum Gasteiger partial charge on any atom is 0.207 e. The molecule has 0 atom stereocenters. The fourth-order valence-corrected chi connectivity index (χ4v) is 3.17. The minimum atomic E-state index is 0.0376. The molecule has 8 nitrogen and oxygen atoms in total. The Hall–Kier alpha value is -3.42. The summed E-state index contributed by atoms with van der Waals surface area (Å²) in [6, 6.07) is 15.2. The van der Waals surface area contributed by atoms with Gasteiger partial charge in [-0.15, -0.1) is 10.2 Å². The van der Waals surface area contributed by atoms with Crippen molar-refractivity contribution in [3.63, 3.8) is 0 Å². The number of benzene rings is 2. The summed E-state index contributed by atoms with van der Waals surface area (Å²) in [4.78, 5) is 4.16. The number of rotatable bonds is 3. The van der Waals surface area contributed by atoms with Gasteiger partial charge in [0.1, 0.15) is 5.75 Å². The molecule has 2 aromatic rings. The molecule has 1 fully saturated rings. The lowest BCUT2D eigenvalue weighted by Crippen LogP contribution is -2.48. The van der Waals surface area contributed by atoms with E-state index in [1.54, 1.807) is 19.2 Å². The van der Waals surface area contributed by atoms with Crippen LogP contribution in [0.5, 0.6) is 5.75 Å². The monoisotopic (exact) mass is 363 g/mol. The third-order valence-electron chi connectivity index (χ3n) is 4.71. The number of piperazine rings is 1. The first kappa shape index (κ1) is 17.0. The molecule has 4 rings (SSSR count). The van der Waals surface area contributed by atoms with Crippen molar-refractivity contribution in [2.75, 3.05) is 38.2 Å². The molecule has 2 heterocycles. The van der Waals surface area contributed by atoms with Crippen molar-refractivity contribution in [1.82, 2.24) is 4.90 Å². The van der Waals surface area contributed by atoms with Gasteiger partial charge in [0.05, 0.1) is 7.11 Å². The summed E-state index contributed by atoms with van der Waals surface area (Å²) < 4.78 is 5.20. The lowest BCUT2D eigenvalue weighted by molar-refractivity contribution is -0.272. The topological polar surface area (TPSA) is 88.2 Å². The minimum absolute atomic E-state index is 0.0376. The Morgan fingerprint density at radius 2 is 1.52 bits per heavy atom. The van der Waals surface area contributed by atoms with Gasteiger partial charge in [-0.05, 0) is 45.8 Å². The SMILES string of the molecule is COc1ccc(N2CCN(C([O-])=c3ccc(=C4N=NN=N4)cc3)CC2)cc1. The molecule has 0 bridgehead atoms. The van der Waals surface area contributed by atoms with E-state index in [1.165, 1.54) is 0 Å². The maximum absolute atomic E-state index is 12.8. The number of anilines is 1. The Balaban J connectivity index is 1.47. The summed E-state index contributed by atoms with van der Waals surface area (Å²) in [7, 11) is 1.66. The second-order valence-corrected chi connectivity index (χ2v) is 6.26. The van der Waals surface area contributed by atoms with Crippen molar-refractivity contribution < 1.29 is 9.84 Å². The zero-order chi connectivity index (χ0) is 18.6. The van der Waals surface area contributed by atoms with E-state index < -0.39 is 0 Å². The highest BCUT2D eigenvalue weighted by Crippen LogP contribution is 2.20. The van der Waals surface area contributed by atoms with E-state index in [9.17, 15) is 5.11 Å². The van der Waals surface area contributed by atoms with Crippen LogP contribution in [0.2, 0.25) is 0 Å². The highest BCUT2D eigenvalue weighted by Gasteiger charge is 2.16. The smallest absolute Gasteiger partial charge is 0.207 e. The second kappa shape index (κ2) is 7.45. The molecule has 0 aromatic heterocycles. The Morgan fingerprint density at radius 1 is 0.889 bits per heavy atom. The van der Waals surface area contributed by atoms with Crippen LogP contribution in [0.1, 0.15) is 0 Å². The summed E-state index contributed by atoms with van der Waals surface area (Å²) in [5, 5.41) is 28.8.